The fourth-order valence-corrected chi connectivity index (χ4v) is 6.45. The third-order valence-electron chi connectivity index (χ3n) is 8.95. The molecule has 56 heavy (non-hydrogen) atoms. The Morgan fingerprint density at radius 2 is 1.18 bits per heavy atom. The zero-order chi connectivity index (χ0) is 39.9. The third-order valence-corrected chi connectivity index (χ3v) is 10.7. The molecule has 0 aliphatic heterocycles. The van der Waals surface area contributed by atoms with Crippen LogP contribution in [-0.4, -0.2) is 44.8 Å². The molecule has 0 spiro atoms. The number of esters is 2. The summed E-state index contributed by atoms with van der Waals surface area (Å²) in [7, 11) is -1.53. The van der Waals surface area contributed by atoms with Gasteiger partial charge >= 0.3 is 18.0 Å². The Kier molecular flexibility index (Phi) is 14.9. The van der Waals surface area contributed by atoms with Crippen LogP contribution in [0.4, 0.5) is 9.18 Å². The number of alkyl carbamates (subject to hydrolysis) is 1. The van der Waals surface area contributed by atoms with E-state index in [-0.39, 0.29) is 44.8 Å². The summed E-state index contributed by atoms with van der Waals surface area (Å²) in [6, 6.07) is 36.7. The molecule has 0 aromatic heterocycles. The Bertz CT molecular complexity index is 2040. The lowest BCUT2D eigenvalue weighted by Gasteiger charge is -2.21. The van der Waals surface area contributed by atoms with Gasteiger partial charge < -0.3 is 30.0 Å². The van der Waals surface area contributed by atoms with Gasteiger partial charge in [0.2, 0.25) is 0 Å². The number of carbonyl (C=O) groups is 3. The van der Waals surface area contributed by atoms with Gasteiger partial charge in [-0.15, -0.1) is 0 Å². The van der Waals surface area contributed by atoms with Crippen molar-refractivity contribution < 1.29 is 37.7 Å². The quantitative estimate of drug-likeness (QED) is 0.0517. The first-order valence-electron chi connectivity index (χ1n) is 18.6. The van der Waals surface area contributed by atoms with E-state index in [1.54, 1.807) is 18.2 Å². The van der Waals surface area contributed by atoms with Gasteiger partial charge in [-0.3, -0.25) is 4.79 Å². The van der Waals surface area contributed by atoms with Crippen molar-refractivity contribution in [2.75, 3.05) is 6.61 Å². The maximum Gasteiger partial charge on any atom is 0.408 e. The Balaban J connectivity index is 1.39. The Hall–Kier alpha value is -5.78. The number of halogens is 1. The van der Waals surface area contributed by atoms with Gasteiger partial charge in [0.25, 0.3) is 0 Å². The zero-order valence-electron chi connectivity index (χ0n) is 32.0. The summed E-state index contributed by atoms with van der Waals surface area (Å²) in [5.74, 6) is -1.26. The van der Waals surface area contributed by atoms with E-state index < -0.39 is 44.0 Å². The van der Waals surface area contributed by atoms with Crippen molar-refractivity contribution in [3.05, 3.63) is 161 Å². The number of rotatable bonds is 18. The van der Waals surface area contributed by atoms with Crippen LogP contribution in [0.5, 0.6) is 5.75 Å². The van der Waals surface area contributed by atoms with Gasteiger partial charge in [0, 0.05) is 20.9 Å². The molecule has 9 nitrogen and oxygen atoms in total. The van der Waals surface area contributed by atoms with Crippen LogP contribution in [0.1, 0.15) is 27.8 Å². The predicted octanol–water partition coefficient (Wildman–Crippen LogP) is 8.40. The number of nitrogens with two attached hydrogens (primary N) is 1. The van der Waals surface area contributed by atoms with Gasteiger partial charge in [-0.05, 0) is 69.3 Å². The second kappa shape index (κ2) is 20.2. The summed E-state index contributed by atoms with van der Waals surface area (Å²) in [5.41, 5.74) is 10.9. The van der Waals surface area contributed by atoms with E-state index in [2.05, 4.69) is 25.0 Å². The minimum atomic E-state index is -1.53. The molecule has 0 bridgehead atoms. The normalized spacial score (nSPS) is 12.2. The minimum Gasteiger partial charge on any atom is -0.489 e. The minimum absolute atomic E-state index is 0.0103. The van der Waals surface area contributed by atoms with Crippen LogP contribution in [0.15, 0.2) is 127 Å². The number of ether oxygens (including phenoxy) is 4. The third kappa shape index (κ3) is 13.2. The van der Waals surface area contributed by atoms with E-state index in [0.717, 1.165) is 22.7 Å². The van der Waals surface area contributed by atoms with Gasteiger partial charge in [0.15, 0.2) is 0 Å². The van der Waals surface area contributed by atoms with Gasteiger partial charge in [-0.1, -0.05) is 123 Å². The van der Waals surface area contributed by atoms with Crippen LogP contribution >= 0.6 is 0 Å². The number of nitrogens with one attached hydrogen (secondary N) is 1. The molecule has 5 rings (SSSR count). The first kappa shape index (κ1) is 41.4. The molecule has 0 fully saturated rings. The second-order valence-electron chi connectivity index (χ2n) is 14.7. The number of hydrogen-bond acceptors (Lipinski definition) is 8. The lowest BCUT2D eigenvalue weighted by molar-refractivity contribution is -0.147. The standard InChI is InChI=1S/C45H49FN2O7Si/c1-56(2,3)24-23-52-44(50)41(48-45(51)55-31-34-17-11-6-12-18-34)28-38-26-36(20-22-42(38)53-29-32-13-7-4-8-14-32)35-19-21-39(46)37(25-35)27-40(47)43(49)54-30-33-15-9-5-10-16-33/h4-22,25-26,40-41H,23-24,27-31,47H2,1-3H3,(H,48,51)/t40-,41-/m0/s1. The van der Waals surface area contributed by atoms with E-state index in [1.807, 2.05) is 103 Å². The molecule has 0 saturated carbocycles. The van der Waals surface area contributed by atoms with Crippen LogP contribution < -0.4 is 15.8 Å². The van der Waals surface area contributed by atoms with Crippen LogP contribution in [-0.2, 0) is 56.5 Å². The number of hydrogen-bond donors (Lipinski definition) is 2. The van der Waals surface area contributed by atoms with E-state index in [9.17, 15) is 14.4 Å². The highest BCUT2D eigenvalue weighted by molar-refractivity contribution is 6.76. The van der Waals surface area contributed by atoms with Crippen molar-refractivity contribution in [2.24, 2.45) is 5.73 Å². The molecule has 0 saturated heterocycles. The average Bonchev–Trinajstić information content (AvgIpc) is 3.19. The summed E-state index contributed by atoms with van der Waals surface area (Å²) in [5, 5.41) is 2.73. The van der Waals surface area contributed by atoms with Crippen LogP contribution in [0.2, 0.25) is 25.7 Å². The SMILES string of the molecule is C[Si](C)(C)CCOC(=O)[C@H](Cc1cc(-c2ccc(F)c(C[C@H](N)C(=O)OCc3ccccc3)c2)ccc1OCc1ccccc1)NC(=O)OCc1ccccc1. The number of amides is 1. The molecule has 0 unspecified atom stereocenters. The van der Waals surface area contributed by atoms with Crippen LogP contribution in [0.3, 0.4) is 0 Å². The smallest absolute Gasteiger partial charge is 0.408 e. The number of benzene rings is 5. The topological polar surface area (TPSA) is 126 Å². The molecule has 3 N–H and O–H groups in total. The van der Waals surface area contributed by atoms with Crippen molar-refractivity contribution >= 4 is 26.1 Å². The second-order valence-corrected chi connectivity index (χ2v) is 20.4. The molecule has 5 aromatic carbocycles. The molecule has 1 amide bonds. The van der Waals surface area contributed by atoms with Crippen molar-refractivity contribution in [3.8, 4) is 16.9 Å². The highest BCUT2D eigenvalue weighted by Gasteiger charge is 2.27. The largest absolute Gasteiger partial charge is 0.489 e. The lowest BCUT2D eigenvalue weighted by atomic mass is 9.95. The number of carbonyl (C=O) groups excluding carboxylic acids is 3. The maximum atomic E-state index is 15.2. The first-order chi connectivity index (χ1) is 26.9. The van der Waals surface area contributed by atoms with E-state index in [1.165, 1.54) is 6.07 Å². The molecule has 0 aliphatic rings. The molecule has 11 heteroatoms. The first-order valence-corrected chi connectivity index (χ1v) is 22.3. The van der Waals surface area contributed by atoms with E-state index >= 15 is 4.39 Å². The molecular weight excluding hydrogens is 728 g/mol. The summed E-state index contributed by atoms with van der Waals surface area (Å²) in [6.07, 6.45) is -0.847. The van der Waals surface area contributed by atoms with Gasteiger partial charge in [0.05, 0.1) is 6.61 Å². The van der Waals surface area contributed by atoms with Crippen molar-refractivity contribution in [1.29, 1.82) is 0 Å². The average molecular weight is 777 g/mol. The molecule has 2 atom stereocenters. The van der Waals surface area contributed by atoms with Gasteiger partial charge in [-0.25, -0.2) is 14.0 Å². The summed E-state index contributed by atoms with van der Waals surface area (Å²) >= 11 is 0. The van der Waals surface area contributed by atoms with Crippen LogP contribution in [0.25, 0.3) is 11.1 Å². The summed E-state index contributed by atoms with van der Waals surface area (Å²) in [4.78, 5) is 39.5. The monoisotopic (exact) mass is 776 g/mol. The van der Waals surface area contributed by atoms with E-state index in [0.29, 0.717) is 22.4 Å². The van der Waals surface area contributed by atoms with Crippen molar-refractivity contribution in [2.45, 2.75) is 70.4 Å². The Morgan fingerprint density at radius 1 is 0.643 bits per heavy atom. The highest BCUT2D eigenvalue weighted by Crippen LogP contribution is 2.30. The Morgan fingerprint density at radius 3 is 1.77 bits per heavy atom. The molecule has 0 heterocycles. The lowest BCUT2D eigenvalue weighted by Crippen LogP contribution is -2.44. The molecule has 0 radical (unpaired) electrons. The highest BCUT2D eigenvalue weighted by atomic mass is 28.3. The summed E-state index contributed by atoms with van der Waals surface area (Å²) < 4.78 is 38.0. The summed E-state index contributed by atoms with van der Waals surface area (Å²) in [6.45, 7) is 7.12. The fourth-order valence-electron chi connectivity index (χ4n) is 5.74. The maximum absolute atomic E-state index is 15.2. The van der Waals surface area contributed by atoms with Crippen molar-refractivity contribution in [1.82, 2.24) is 5.32 Å². The zero-order valence-corrected chi connectivity index (χ0v) is 33.0. The van der Waals surface area contributed by atoms with Gasteiger partial charge in [0.1, 0.15) is 43.5 Å². The molecule has 5 aromatic rings. The predicted molar refractivity (Wildman–Crippen MR) is 217 cm³/mol. The fraction of sp³-hybridized carbons (Fsp3) is 0.267. The van der Waals surface area contributed by atoms with Crippen LogP contribution in [0, 0.1) is 5.82 Å². The molecule has 292 valence electrons. The van der Waals surface area contributed by atoms with Crippen molar-refractivity contribution in [3.63, 3.8) is 0 Å². The van der Waals surface area contributed by atoms with E-state index in [4.69, 9.17) is 24.7 Å². The molecule has 0 aliphatic carbocycles. The van der Waals surface area contributed by atoms with Gasteiger partial charge in [-0.2, -0.15) is 0 Å². The Labute approximate surface area is 329 Å². The molecular formula is C45H49FN2O7Si.